The fourth-order valence-corrected chi connectivity index (χ4v) is 0.761. The first-order valence-corrected chi connectivity index (χ1v) is 4.00. The van der Waals surface area contributed by atoms with Gasteiger partial charge in [-0.25, -0.2) is 4.79 Å². The molecule has 1 aromatic heterocycles. The second-order valence-corrected chi connectivity index (χ2v) is 2.43. The first kappa shape index (κ1) is 8.93. The molecule has 0 aliphatic carbocycles. The van der Waals surface area contributed by atoms with E-state index >= 15 is 0 Å². The molecule has 0 saturated carbocycles. The van der Waals surface area contributed by atoms with Gasteiger partial charge in [-0.15, -0.1) is 11.6 Å². The van der Waals surface area contributed by atoms with Crippen molar-refractivity contribution >= 4 is 23.5 Å². The molecule has 2 amide bonds. The largest absolute Gasteiger partial charge is 0.449 e. The fourth-order valence-electron chi connectivity index (χ4n) is 0.667. The second-order valence-electron chi connectivity index (χ2n) is 2.05. The summed E-state index contributed by atoms with van der Waals surface area (Å²) in [5.74, 6) is 0.813. The van der Waals surface area contributed by atoms with E-state index in [1.165, 1.54) is 6.26 Å². The zero-order valence-electron chi connectivity index (χ0n) is 6.34. The molecule has 0 unspecified atom stereocenters. The van der Waals surface area contributed by atoms with Gasteiger partial charge in [0.25, 0.3) is 0 Å². The number of furan rings is 1. The first-order valence-electron chi connectivity index (χ1n) is 3.47. The number of carbonyl (C=O) groups is 1. The molecule has 12 heavy (non-hydrogen) atoms. The topological polar surface area (TPSA) is 54.3 Å². The molecule has 1 rings (SSSR count). The van der Waals surface area contributed by atoms with Crippen molar-refractivity contribution in [1.29, 1.82) is 0 Å². The summed E-state index contributed by atoms with van der Waals surface area (Å²) in [5.41, 5.74) is 0. The van der Waals surface area contributed by atoms with Crippen LogP contribution in [0.25, 0.3) is 0 Å². The van der Waals surface area contributed by atoms with Crippen LogP contribution < -0.4 is 10.6 Å². The van der Waals surface area contributed by atoms with Crippen molar-refractivity contribution in [3.63, 3.8) is 0 Å². The van der Waals surface area contributed by atoms with Gasteiger partial charge in [-0.3, -0.25) is 5.32 Å². The summed E-state index contributed by atoms with van der Waals surface area (Å²) in [7, 11) is 0. The second kappa shape index (κ2) is 4.66. The minimum atomic E-state index is -0.314. The van der Waals surface area contributed by atoms with Gasteiger partial charge >= 0.3 is 6.03 Å². The maximum absolute atomic E-state index is 10.9. The van der Waals surface area contributed by atoms with E-state index in [9.17, 15) is 4.79 Å². The lowest BCUT2D eigenvalue weighted by atomic mass is 10.6. The average Bonchev–Trinajstić information content (AvgIpc) is 2.53. The maximum Gasteiger partial charge on any atom is 0.321 e. The Kier molecular flexibility index (Phi) is 3.47. The summed E-state index contributed by atoms with van der Waals surface area (Å²) in [5, 5.41) is 5.01. The highest BCUT2D eigenvalue weighted by Gasteiger charge is 2.00. The predicted molar refractivity (Wildman–Crippen MR) is 46.4 cm³/mol. The number of hydrogen-bond acceptors (Lipinski definition) is 2. The maximum atomic E-state index is 10.9. The minimum absolute atomic E-state index is 0.314. The summed E-state index contributed by atoms with van der Waals surface area (Å²) in [6.45, 7) is 0.439. The number of anilines is 1. The van der Waals surface area contributed by atoms with E-state index in [4.69, 9.17) is 16.0 Å². The van der Waals surface area contributed by atoms with Crippen LogP contribution in [-0.4, -0.2) is 18.5 Å². The number of urea groups is 1. The van der Waals surface area contributed by atoms with Crippen LogP contribution in [0.1, 0.15) is 0 Å². The van der Waals surface area contributed by atoms with E-state index in [0.29, 0.717) is 18.3 Å². The van der Waals surface area contributed by atoms with Crippen molar-refractivity contribution in [2.45, 2.75) is 0 Å². The highest BCUT2D eigenvalue weighted by atomic mass is 35.5. The molecule has 0 saturated heterocycles. The molecular formula is C7H9ClN2O2. The average molecular weight is 189 g/mol. The van der Waals surface area contributed by atoms with Crippen LogP contribution in [-0.2, 0) is 0 Å². The van der Waals surface area contributed by atoms with Crippen LogP contribution >= 0.6 is 11.6 Å². The van der Waals surface area contributed by atoms with Gasteiger partial charge < -0.3 is 9.73 Å². The van der Waals surface area contributed by atoms with Crippen molar-refractivity contribution in [2.24, 2.45) is 0 Å². The third-order valence-electron chi connectivity index (χ3n) is 1.14. The molecule has 0 aromatic carbocycles. The predicted octanol–water partition coefficient (Wildman–Crippen LogP) is 1.64. The molecule has 1 heterocycles. The van der Waals surface area contributed by atoms with Gasteiger partial charge in [-0.1, -0.05) is 0 Å². The highest BCUT2D eigenvalue weighted by molar-refractivity contribution is 6.18. The van der Waals surface area contributed by atoms with Crippen LogP contribution in [0, 0.1) is 0 Å². The highest BCUT2D eigenvalue weighted by Crippen LogP contribution is 2.05. The van der Waals surface area contributed by atoms with Crippen LogP contribution in [0.5, 0.6) is 0 Å². The van der Waals surface area contributed by atoms with Crippen molar-refractivity contribution in [3.8, 4) is 0 Å². The number of amides is 2. The lowest BCUT2D eigenvalue weighted by molar-refractivity contribution is 0.252. The van der Waals surface area contributed by atoms with Gasteiger partial charge in [-0.05, 0) is 6.07 Å². The van der Waals surface area contributed by atoms with Gasteiger partial charge in [0.2, 0.25) is 5.88 Å². The summed E-state index contributed by atoms with van der Waals surface area (Å²) in [6.07, 6.45) is 1.48. The van der Waals surface area contributed by atoms with Crippen LogP contribution in [0.4, 0.5) is 10.7 Å². The molecule has 4 nitrogen and oxygen atoms in total. The molecule has 5 heteroatoms. The zero-order valence-corrected chi connectivity index (χ0v) is 7.10. The Morgan fingerprint density at radius 2 is 2.50 bits per heavy atom. The number of halogens is 1. The molecule has 0 aliphatic rings. The Morgan fingerprint density at radius 3 is 3.08 bits per heavy atom. The van der Waals surface area contributed by atoms with E-state index in [1.54, 1.807) is 12.1 Å². The molecule has 0 spiro atoms. The van der Waals surface area contributed by atoms with Crippen molar-refractivity contribution in [1.82, 2.24) is 5.32 Å². The SMILES string of the molecule is O=C(NCCCl)Nc1ccco1. The molecule has 0 bridgehead atoms. The molecule has 1 aromatic rings. The number of alkyl halides is 1. The Hall–Kier alpha value is -1.16. The van der Waals surface area contributed by atoms with Crippen molar-refractivity contribution in [2.75, 3.05) is 17.7 Å². The Labute approximate surface area is 74.9 Å². The quantitative estimate of drug-likeness (QED) is 0.709. The minimum Gasteiger partial charge on any atom is -0.449 e. The molecule has 0 fully saturated rings. The van der Waals surface area contributed by atoms with Gasteiger partial charge in [0, 0.05) is 18.5 Å². The van der Waals surface area contributed by atoms with Crippen LogP contribution in [0.15, 0.2) is 22.8 Å². The Morgan fingerprint density at radius 1 is 1.67 bits per heavy atom. The van der Waals surface area contributed by atoms with E-state index in [1.807, 2.05) is 0 Å². The lowest BCUT2D eigenvalue weighted by Crippen LogP contribution is -2.29. The normalized spacial score (nSPS) is 9.42. The standard InChI is InChI=1S/C7H9ClN2O2/c8-3-4-9-7(11)10-6-2-1-5-12-6/h1-2,5H,3-4H2,(H2,9,10,11). The summed E-state index contributed by atoms with van der Waals surface area (Å²) >= 11 is 5.36. The monoisotopic (exact) mass is 188 g/mol. The molecular weight excluding hydrogens is 180 g/mol. The van der Waals surface area contributed by atoms with E-state index < -0.39 is 0 Å². The lowest BCUT2D eigenvalue weighted by Gasteiger charge is -2.01. The molecule has 0 atom stereocenters. The Balaban J connectivity index is 2.27. The van der Waals surface area contributed by atoms with Crippen LogP contribution in [0.2, 0.25) is 0 Å². The molecule has 0 aliphatic heterocycles. The van der Waals surface area contributed by atoms with Crippen molar-refractivity contribution in [3.05, 3.63) is 18.4 Å². The number of rotatable bonds is 3. The van der Waals surface area contributed by atoms with E-state index in [-0.39, 0.29) is 6.03 Å². The van der Waals surface area contributed by atoms with Gasteiger partial charge in [0.15, 0.2) is 0 Å². The summed E-state index contributed by atoms with van der Waals surface area (Å²) in [6, 6.07) is 3.03. The molecule has 66 valence electrons. The van der Waals surface area contributed by atoms with Crippen molar-refractivity contribution < 1.29 is 9.21 Å². The first-order chi connectivity index (χ1) is 5.83. The van der Waals surface area contributed by atoms with Gasteiger partial charge in [-0.2, -0.15) is 0 Å². The van der Waals surface area contributed by atoms with Gasteiger partial charge in [0.05, 0.1) is 6.26 Å². The van der Waals surface area contributed by atoms with E-state index in [2.05, 4.69) is 10.6 Å². The number of hydrogen-bond donors (Lipinski definition) is 2. The number of nitrogens with one attached hydrogen (secondary N) is 2. The van der Waals surface area contributed by atoms with Gasteiger partial charge in [0.1, 0.15) is 0 Å². The fraction of sp³-hybridized carbons (Fsp3) is 0.286. The zero-order chi connectivity index (χ0) is 8.81. The van der Waals surface area contributed by atoms with E-state index in [0.717, 1.165) is 0 Å². The molecule has 0 radical (unpaired) electrons. The Bertz CT molecular complexity index is 236. The smallest absolute Gasteiger partial charge is 0.321 e. The molecule has 2 N–H and O–H groups in total. The third-order valence-corrected chi connectivity index (χ3v) is 1.33. The summed E-state index contributed by atoms with van der Waals surface area (Å²) in [4.78, 5) is 10.9. The van der Waals surface area contributed by atoms with Crippen LogP contribution in [0.3, 0.4) is 0 Å². The number of carbonyl (C=O) groups excluding carboxylic acids is 1. The third kappa shape index (κ3) is 2.84. The summed E-state index contributed by atoms with van der Waals surface area (Å²) < 4.78 is 4.88.